The minimum Gasteiger partial charge on any atom is -0.493 e. The summed E-state index contributed by atoms with van der Waals surface area (Å²) in [6.45, 7) is 2.49. The van der Waals surface area contributed by atoms with Crippen LogP contribution in [0.15, 0.2) is 66.7 Å². The van der Waals surface area contributed by atoms with Crippen molar-refractivity contribution in [1.29, 1.82) is 0 Å². The fraction of sp³-hybridized carbons (Fsp3) is 0.185. The van der Waals surface area contributed by atoms with Gasteiger partial charge in [0, 0.05) is 28.8 Å². The van der Waals surface area contributed by atoms with Crippen molar-refractivity contribution in [2.75, 3.05) is 14.2 Å². The van der Waals surface area contributed by atoms with Gasteiger partial charge in [0.15, 0.2) is 11.5 Å². The lowest BCUT2D eigenvalue weighted by atomic mass is 9.98. The van der Waals surface area contributed by atoms with Crippen molar-refractivity contribution in [3.63, 3.8) is 0 Å². The summed E-state index contributed by atoms with van der Waals surface area (Å²) in [5, 5.41) is 15.3. The SMILES string of the molecule is CCc1cc(OCc2ccc(-c3ccccc3-c3nn[nH]n3)cc2)c2cc(OC)c(OC)cc2n1. The number of hydrogen-bond donors (Lipinski definition) is 1. The number of rotatable bonds is 8. The van der Waals surface area contributed by atoms with Crippen LogP contribution in [0.1, 0.15) is 18.2 Å². The van der Waals surface area contributed by atoms with Gasteiger partial charge in [-0.3, -0.25) is 4.98 Å². The molecule has 0 amide bonds. The molecule has 0 spiro atoms. The molecule has 8 nitrogen and oxygen atoms in total. The van der Waals surface area contributed by atoms with E-state index in [0.717, 1.165) is 51.0 Å². The molecule has 8 heteroatoms. The van der Waals surface area contributed by atoms with Crippen LogP contribution in [0.5, 0.6) is 17.2 Å². The Kier molecular flexibility index (Phi) is 6.26. The zero-order chi connectivity index (χ0) is 24.2. The third kappa shape index (κ3) is 4.50. The molecule has 0 aliphatic heterocycles. The Morgan fingerprint density at radius 3 is 2.26 bits per heavy atom. The maximum absolute atomic E-state index is 6.28. The van der Waals surface area contributed by atoms with Gasteiger partial charge in [-0.05, 0) is 34.4 Å². The minimum absolute atomic E-state index is 0.420. The molecule has 0 unspecified atom stereocenters. The number of fused-ring (bicyclic) bond motifs is 1. The molecule has 0 fully saturated rings. The van der Waals surface area contributed by atoms with E-state index in [-0.39, 0.29) is 0 Å². The minimum atomic E-state index is 0.420. The van der Waals surface area contributed by atoms with Gasteiger partial charge >= 0.3 is 0 Å². The number of hydrogen-bond acceptors (Lipinski definition) is 7. The van der Waals surface area contributed by atoms with Crippen LogP contribution in [-0.4, -0.2) is 39.8 Å². The maximum Gasteiger partial charge on any atom is 0.205 e. The summed E-state index contributed by atoms with van der Waals surface area (Å²) in [6.07, 6.45) is 0.801. The lowest BCUT2D eigenvalue weighted by molar-refractivity contribution is 0.309. The van der Waals surface area contributed by atoms with Crippen LogP contribution < -0.4 is 14.2 Å². The van der Waals surface area contributed by atoms with Crippen molar-refractivity contribution < 1.29 is 14.2 Å². The molecule has 0 bridgehead atoms. The molecule has 1 N–H and O–H groups in total. The van der Waals surface area contributed by atoms with E-state index in [1.807, 2.05) is 42.5 Å². The first kappa shape index (κ1) is 22.3. The average molecular weight is 468 g/mol. The second-order valence-corrected chi connectivity index (χ2v) is 7.96. The monoisotopic (exact) mass is 467 g/mol. The molecule has 0 aliphatic rings. The number of aromatic amines is 1. The van der Waals surface area contributed by atoms with Gasteiger partial charge in [-0.2, -0.15) is 5.21 Å². The Labute approximate surface area is 202 Å². The van der Waals surface area contributed by atoms with Gasteiger partial charge in [-0.1, -0.05) is 55.5 Å². The zero-order valence-electron chi connectivity index (χ0n) is 19.8. The highest BCUT2D eigenvalue weighted by Crippen LogP contribution is 2.36. The largest absolute Gasteiger partial charge is 0.493 e. The summed E-state index contributed by atoms with van der Waals surface area (Å²) >= 11 is 0. The molecule has 2 aromatic heterocycles. The Bertz CT molecular complexity index is 1450. The van der Waals surface area contributed by atoms with E-state index in [2.05, 4.69) is 51.8 Å². The highest BCUT2D eigenvalue weighted by Gasteiger charge is 2.14. The van der Waals surface area contributed by atoms with Gasteiger partial charge < -0.3 is 14.2 Å². The Morgan fingerprint density at radius 2 is 1.57 bits per heavy atom. The number of aromatic nitrogens is 5. The first-order valence-electron chi connectivity index (χ1n) is 11.3. The van der Waals surface area contributed by atoms with Gasteiger partial charge in [0.05, 0.1) is 19.7 Å². The van der Waals surface area contributed by atoms with Crippen molar-refractivity contribution in [2.45, 2.75) is 20.0 Å². The number of ether oxygens (including phenoxy) is 3. The molecule has 0 saturated heterocycles. The summed E-state index contributed by atoms with van der Waals surface area (Å²) in [4.78, 5) is 4.74. The van der Waals surface area contributed by atoms with Gasteiger partial charge in [0.2, 0.25) is 5.82 Å². The standard InChI is InChI=1S/C27H25N5O3/c1-4-19-13-24(22-14-25(33-2)26(34-3)15-23(22)28-19)35-16-17-9-11-18(12-10-17)20-7-5-6-8-21(20)27-29-31-32-30-27/h5-15H,4,16H2,1-3H3,(H,29,30,31,32). The van der Waals surface area contributed by atoms with Gasteiger partial charge in [-0.15, -0.1) is 10.2 Å². The lowest BCUT2D eigenvalue weighted by Gasteiger charge is -2.14. The summed E-state index contributed by atoms with van der Waals surface area (Å²) in [6, 6.07) is 22.1. The number of benzene rings is 3. The fourth-order valence-corrected chi connectivity index (χ4v) is 4.02. The highest BCUT2D eigenvalue weighted by molar-refractivity contribution is 5.88. The molecule has 0 aliphatic carbocycles. The topological polar surface area (TPSA) is 95.0 Å². The molecule has 0 atom stereocenters. The molecule has 2 heterocycles. The third-order valence-corrected chi connectivity index (χ3v) is 5.86. The van der Waals surface area contributed by atoms with Crippen molar-refractivity contribution in [2.24, 2.45) is 0 Å². The molecular weight excluding hydrogens is 442 g/mol. The molecule has 5 aromatic rings. The van der Waals surface area contributed by atoms with Crippen LogP contribution in [0.2, 0.25) is 0 Å². The molecule has 0 radical (unpaired) electrons. The van der Waals surface area contributed by atoms with Crippen LogP contribution in [0.3, 0.4) is 0 Å². The number of nitrogens with zero attached hydrogens (tertiary/aromatic N) is 4. The van der Waals surface area contributed by atoms with E-state index in [1.54, 1.807) is 14.2 Å². The van der Waals surface area contributed by atoms with E-state index < -0.39 is 0 Å². The molecule has 35 heavy (non-hydrogen) atoms. The zero-order valence-corrected chi connectivity index (χ0v) is 19.8. The molecule has 5 rings (SSSR count). The van der Waals surface area contributed by atoms with Crippen molar-refractivity contribution in [3.8, 4) is 39.8 Å². The summed E-state index contributed by atoms with van der Waals surface area (Å²) in [5.41, 5.74) is 5.83. The number of nitrogens with one attached hydrogen (secondary N) is 1. The summed E-state index contributed by atoms with van der Waals surface area (Å²) < 4.78 is 17.2. The molecule has 3 aromatic carbocycles. The summed E-state index contributed by atoms with van der Waals surface area (Å²) in [5.74, 6) is 2.61. The van der Waals surface area contributed by atoms with Gasteiger partial charge in [0.1, 0.15) is 12.4 Å². The van der Waals surface area contributed by atoms with Crippen molar-refractivity contribution in [3.05, 3.63) is 78.0 Å². The predicted molar refractivity (Wildman–Crippen MR) is 134 cm³/mol. The normalized spacial score (nSPS) is 10.9. The van der Waals surface area contributed by atoms with Crippen LogP contribution in [0, 0.1) is 0 Å². The number of methoxy groups -OCH3 is 2. The van der Waals surface area contributed by atoms with Crippen molar-refractivity contribution >= 4 is 10.9 Å². The lowest BCUT2D eigenvalue weighted by Crippen LogP contribution is -2.00. The van der Waals surface area contributed by atoms with E-state index in [0.29, 0.717) is 23.9 Å². The Hall–Kier alpha value is -4.46. The first-order chi connectivity index (χ1) is 17.2. The van der Waals surface area contributed by atoms with Crippen molar-refractivity contribution in [1.82, 2.24) is 25.6 Å². The number of aryl methyl sites for hydroxylation is 1. The van der Waals surface area contributed by atoms with Gasteiger partial charge in [0.25, 0.3) is 0 Å². The first-order valence-corrected chi connectivity index (χ1v) is 11.3. The Balaban J connectivity index is 1.41. The van der Waals surface area contributed by atoms with E-state index in [1.165, 1.54) is 0 Å². The van der Waals surface area contributed by atoms with E-state index in [9.17, 15) is 0 Å². The van der Waals surface area contributed by atoms with Crippen LogP contribution in [0.4, 0.5) is 0 Å². The van der Waals surface area contributed by atoms with E-state index in [4.69, 9.17) is 19.2 Å². The summed E-state index contributed by atoms with van der Waals surface area (Å²) in [7, 11) is 3.24. The quantitative estimate of drug-likeness (QED) is 0.333. The smallest absolute Gasteiger partial charge is 0.205 e. The van der Waals surface area contributed by atoms with Crippen LogP contribution >= 0.6 is 0 Å². The number of pyridine rings is 1. The fourth-order valence-electron chi connectivity index (χ4n) is 4.02. The number of tetrazole rings is 1. The third-order valence-electron chi connectivity index (χ3n) is 5.86. The maximum atomic E-state index is 6.28. The highest BCUT2D eigenvalue weighted by atomic mass is 16.5. The molecule has 0 saturated carbocycles. The molecule has 176 valence electrons. The van der Waals surface area contributed by atoms with Crippen LogP contribution in [0.25, 0.3) is 33.4 Å². The van der Waals surface area contributed by atoms with E-state index >= 15 is 0 Å². The Morgan fingerprint density at radius 1 is 0.829 bits per heavy atom. The average Bonchev–Trinajstić information content (AvgIpc) is 3.46. The van der Waals surface area contributed by atoms with Crippen LogP contribution in [-0.2, 0) is 13.0 Å². The second kappa shape index (κ2) is 9.80. The molecular formula is C27H25N5O3. The predicted octanol–water partition coefficient (Wildman–Crippen LogP) is 5.24. The number of H-pyrrole nitrogens is 1. The van der Waals surface area contributed by atoms with Gasteiger partial charge in [-0.25, -0.2) is 0 Å². The second-order valence-electron chi connectivity index (χ2n) is 7.96.